The molecule has 0 spiro atoms. The molecule has 0 aliphatic carbocycles. The van der Waals surface area contributed by atoms with Crippen LogP contribution in [0, 0.1) is 5.92 Å². The topological polar surface area (TPSA) is 49.9 Å². The van der Waals surface area contributed by atoms with Crippen LogP contribution in [0.4, 0.5) is 0 Å². The van der Waals surface area contributed by atoms with Crippen LogP contribution in [0.5, 0.6) is 0 Å². The summed E-state index contributed by atoms with van der Waals surface area (Å²) in [5.74, 6) is 0.157. The van der Waals surface area contributed by atoms with Crippen molar-refractivity contribution in [2.75, 3.05) is 39.3 Å². The second kappa shape index (κ2) is 8.37. The highest BCUT2D eigenvalue weighted by atomic mass is 16.5. The molecule has 2 fully saturated rings. The number of amides is 1. The molecule has 2 aromatic rings. The Kier molecular flexibility index (Phi) is 5.67. The molecule has 4 rings (SSSR count). The van der Waals surface area contributed by atoms with E-state index < -0.39 is 5.41 Å². The number of cyclic esters (lactones) is 1. The maximum absolute atomic E-state index is 13.8. The molecule has 0 bridgehead atoms. The highest BCUT2D eigenvalue weighted by molar-refractivity contribution is 5.94. The molecule has 5 nitrogen and oxygen atoms in total. The Balaban J connectivity index is 1.72. The highest BCUT2D eigenvalue weighted by Crippen LogP contribution is 2.47. The van der Waals surface area contributed by atoms with Gasteiger partial charge in [0.05, 0.1) is 6.54 Å². The van der Waals surface area contributed by atoms with Crippen LogP contribution in [0.2, 0.25) is 0 Å². The van der Waals surface area contributed by atoms with Crippen LogP contribution < -0.4 is 0 Å². The zero-order valence-electron chi connectivity index (χ0n) is 16.9. The standard InChI is InChI=1S/C24H28N2O3/c1-2-26-17-21(13-14-25-15-16-29-22(27)18-25)24(23(26)28,19-9-5-3-6-10-19)20-11-7-4-8-12-20/h3-12,21H,2,13-18H2,1H3. The number of esters is 1. The summed E-state index contributed by atoms with van der Waals surface area (Å²) in [5, 5.41) is 0. The van der Waals surface area contributed by atoms with E-state index >= 15 is 0 Å². The van der Waals surface area contributed by atoms with E-state index in [9.17, 15) is 9.59 Å². The second-order valence-corrected chi connectivity index (χ2v) is 7.87. The lowest BCUT2D eigenvalue weighted by atomic mass is 9.66. The summed E-state index contributed by atoms with van der Waals surface area (Å²) in [5.41, 5.74) is 1.42. The van der Waals surface area contributed by atoms with Crippen LogP contribution in [-0.4, -0.2) is 61.0 Å². The van der Waals surface area contributed by atoms with Crippen LogP contribution in [0.3, 0.4) is 0 Å². The van der Waals surface area contributed by atoms with Crippen LogP contribution >= 0.6 is 0 Å². The predicted octanol–water partition coefficient (Wildman–Crippen LogP) is 2.70. The highest BCUT2D eigenvalue weighted by Gasteiger charge is 2.55. The number of benzene rings is 2. The fourth-order valence-corrected chi connectivity index (χ4v) is 4.90. The summed E-state index contributed by atoms with van der Waals surface area (Å²) in [6.45, 7) is 5.80. The quantitative estimate of drug-likeness (QED) is 0.710. The Morgan fingerprint density at radius 3 is 2.17 bits per heavy atom. The van der Waals surface area contributed by atoms with Crippen molar-refractivity contribution in [1.29, 1.82) is 0 Å². The van der Waals surface area contributed by atoms with Crippen molar-refractivity contribution in [1.82, 2.24) is 9.80 Å². The van der Waals surface area contributed by atoms with Crippen molar-refractivity contribution in [3.8, 4) is 0 Å². The van der Waals surface area contributed by atoms with E-state index in [4.69, 9.17) is 4.74 Å². The lowest BCUT2D eigenvalue weighted by Gasteiger charge is -2.35. The lowest BCUT2D eigenvalue weighted by Crippen LogP contribution is -2.44. The van der Waals surface area contributed by atoms with E-state index in [0.717, 1.165) is 37.2 Å². The molecule has 2 saturated heterocycles. The molecule has 2 aromatic carbocycles. The Morgan fingerprint density at radius 1 is 1.00 bits per heavy atom. The summed E-state index contributed by atoms with van der Waals surface area (Å²) in [6, 6.07) is 20.4. The molecule has 1 atom stereocenters. The van der Waals surface area contributed by atoms with Gasteiger partial charge in [0.2, 0.25) is 5.91 Å². The van der Waals surface area contributed by atoms with Crippen molar-refractivity contribution < 1.29 is 14.3 Å². The maximum Gasteiger partial charge on any atom is 0.320 e. The third-order valence-electron chi connectivity index (χ3n) is 6.33. The van der Waals surface area contributed by atoms with E-state index in [-0.39, 0.29) is 17.8 Å². The number of ether oxygens (including phenoxy) is 1. The number of likely N-dealkylation sites (tertiary alicyclic amines) is 1. The van der Waals surface area contributed by atoms with Gasteiger partial charge in [0, 0.05) is 25.6 Å². The summed E-state index contributed by atoms with van der Waals surface area (Å²) in [6.07, 6.45) is 0.847. The molecule has 2 aliphatic heterocycles. The van der Waals surface area contributed by atoms with Gasteiger partial charge in [-0.15, -0.1) is 0 Å². The summed E-state index contributed by atoms with van der Waals surface area (Å²) >= 11 is 0. The van der Waals surface area contributed by atoms with E-state index in [0.29, 0.717) is 19.7 Å². The Bertz CT molecular complexity index is 813. The minimum absolute atomic E-state index is 0.137. The van der Waals surface area contributed by atoms with Crippen molar-refractivity contribution in [2.45, 2.75) is 18.8 Å². The van der Waals surface area contributed by atoms with Crippen molar-refractivity contribution in [3.63, 3.8) is 0 Å². The molecule has 0 aromatic heterocycles. The number of rotatable bonds is 6. The first-order valence-electron chi connectivity index (χ1n) is 10.4. The molecule has 1 unspecified atom stereocenters. The molecule has 0 radical (unpaired) electrons. The van der Waals surface area contributed by atoms with Gasteiger partial charge in [0.25, 0.3) is 0 Å². The first-order chi connectivity index (χ1) is 14.2. The number of likely N-dealkylation sites (N-methyl/N-ethyl adjacent to an activating group) is 1. The molecule has 2 heterocycles. The van der Waals surface area contributed by atoms with Crippen LogP contribution in [-0.2, 0) is 19.7 Å². The van der Waals surface area contributed by atoms with E-state index in [2.05, 4.69) is 29.2 Å². The first kappa shape index (κ1) is 19.6. The normalized spacial score (nSPS) is 22.0. The molecule has 152 valence electrons. The van der Waals surface area contributed by atoms with Gasteiger partial charge in [0.15, 0.2) is 0 Å². The average Bonchev–Trinajstić information content (AvgIpc) is 3.06. The molecule has 5 heteroatoms. The molecule has 0 N–H and O–H groups in total. The zero-order chi connectivity index (χ0) is 20.3. The molecule has 0 saturated carbocycles. The molecule has 29 heavy (non-hydrogen) atoms. The van der Waals surface area contributed by atoms with Crippen LogP contribution in [0.25, 0.3) is 0 Å². The van der Waals surface area contributed by atoms with Crippen molar-refractivity contribution in [2.24, 2.45) is 5.92 Å². The number of carbonyl (C=O) groups is 2. The molecular formula is C24H28N2O3. The third-order valence-corrected chi connectivity index (χ3v) is 6.33. The van der Waals surface area contributed by atoms with Crippen molar-refractivity contribution in [3.05, 3.63) is 71.8 Å². The second-order valence-electron chi connectivity index (χ2n) is 7.87. The summed E-state index contributed by atoms with van der Waals surface area (Å²) in [7, 11) is 0. The number of hydrogen-bond donors (Lipinski definition) is 0. The van der Waals surface area contributed by atoms with Gasteiger partial charge in [-0.1, -0.05) is 60.7 Å². The van der Waals surface area contributed by atoms with Gasteiger partial charge in [-0.3, -0.25) is 14.5 Å². The van der Waals surface area contributed by atoms with Crippen molar-refractivity contribution >= 4 is 11.9 Å². The largest absolute Gasteiger partial charge is 0.463 e. The zero-order valence-corrected chi connectivity index (χ0v) is 16.9. The monoisotopic (exact) mass is 392 g/mol. The minimum Gasteiger partial charge on any atom is -0.463 e. The number of carbonyl (C=O) groups excluding carboxylic acids is 2. The predicted molar refractivity (Wildman–Crippen MR) is 111 cm³/mol. The molecule has 2 aliphatic rings. The van der Waals surface area contributed by atoms with Gasteiger partial charge in [-0.25, -0.2) is 0 Å². The van der Waals surface area contributed by atoms with Crippen LogP contribution in [0.1, 0.15) is 24.5 Å². The van der Waals surface area contributed by atoms with Gasteiger partial charge in [0.1, 0.15) is 12.0 Å². The summed E-state index contributed by atoms with van der Waals surface area (Å²) < 4.78 is 5.07. The smallest absolute Gasteiger partial charge is 0.320 e. The van der Waals surface area contributed by atoms with Gasteiger partial charge < -0.3 is 9.64 Å². The number of hydrogen-bond acceptors (Lipinski definition) is 4. The van der Waals surface area contributed by atoms with E-state index in [1.165, 1.54) is 0 Å². The Labute approximate surface area is 172 Å². The van der Waals surface area contributed by atoms with Gasteiger partial charge >= 0.3 is 5.97 Å². The SMILES string of the molecule is CCN1CC(CCN2CCOC(=O)C2)C(c2ccccc2)(c2ccccc2)C1=O. The number of morpholine rings is 1. The summed E-state index contributed by atoms with van der Waals surface area (Å²) in [4.78, 5) is 29.6. The number of nitrogens with zero attached hydrogens (tertiary/aromatic N) is 2. The average molecular weight is 392 g/mol. The fraction of sp³-hybridized carbons (Fsp3) is 0.417. The third kappa shape index (κ3) is 3.55. The lowest BCUT2D eigenvalue weighted by molar-refractivity contribution is -0.150. The van der Waals surface area contributed by atoms with Gasteiger partial charge in [-0.2, -0.15) is 0 Å². The maximum atomic E-state index is 13.8. The molecule has 1 amide bonds. The fourth-order valence-electron chi connectivity index (χ4n) is 4.90. The van der Waals surface area contributed by atoms with E-state index in [1.807, 2.05) is 48.2 Å². The Morgan fingerprint density at radius 2 is 1.62 bits per heavy atom. The van der Waals surface area contributed by atoms with E-state index in [1.54, 1.807) is 0 Å². The Hall–Kier alpha value is -2.66. The molecular weight excluding hydrogens is 364 g/mol. The van der Waals surface area contributed by atoms with Gasteiger partial charge in [-0.05, 0) is 31.0 Å². The van der Waals surface area contributed by atoms with Crippen LogP contribution in [0.15, 0.2) is 60.7 Å². The minimum atomic E-state index is -0.686. The first-order valence-corrected chi connectivity index (χ1v) is 10.4.